The summed E-state index contributed by atoms with van der Waals surface area (Å²) in [6.07, 6.45) is 0. The number of para-hydroxylation sites is 1. The van der Waals surface area contributed by atoms with Crippen molar-refractivity contribution in [2.45, 2.75) is 20.8 Å². The van der Waals surface area contributed by atoms with E-state index in [2.05, 4.69) is 10.5 Å². The summed E-state index contributed by atoms with van der Waals surface area (Å²) in [5.74, 6) is 1.01. The van der Waals surface area contributed by atoms with Crippen LogP contribution in [0.4, 0.5) is 0 Å². The number of rotatable bonds is 3. The van der Waals surface area contributed by atoms with Crippen molar-refractivity contribution in [3.05, 3.63) is 53.0 Å². The largest absolute Gasteiger partial charge is 0.507 e. The van der Waals surface area contributed by atoms with Crippen molar-refractivity contribution < 1.29 is 14.3 Å². The number of hydrogen-bond acceptors (Lipinski definition) is 4. The van der Waals surface area contributed by atoms with Gasteiger partial charge >= 0.3 is 0 Å². The number of hydrogen-bond donors (Lipinski definition) is 2. The number of nitrogens with one attached hydrogen (secondary N) is 1. The minimum absolute atomic E-state index is 0.123. The van der Waals surface area contributed by atoms with Crippen molar-refractivity contribution in [2.75, 3.05) is 0 Å². The summed E-state index contributed by atoms with van der Waals surface area (Å²) in [6.45, 7) is 5.21. The molecule has 0 aliphatic rings. The molecule has 0 radical (unpaired) electrons. The summed E-state index contributed by atoms with van der Waals surface area (Å²) in [7, 11) is 0. The highest BCUT2D eigenvalue weighted by atomic mass is 16.3. The van der Waals surface area contributed by atoms with Crippen LogP contribution in [-0.2, 0) is 0 Å². The third-order valence-corrected chi connectivity index (χ3v) is 2.90. The van der Waals surface area contributed by atoms with E-state index in [-0.39, 0.29) is 11.7 Å². The lowest BCUT2D eigenvalue weighted by molar-refractivity contribution is 0.0953. The third kappa shape index (κ3) is 2.88. The second kappa shape index (κ2) is 5.61. The van der Waals surface area contributed by atoms with Gasteiger partial charge in [0.25, 0.3) is 5.91 Å². The number of carbonyl (C=O) groups excluding carboxylic acids is 1. The molecule has 5 heteroatoms. The van der Waals surface area contributed by atoms with Crippen LogP contribution < -0.4 is 5.43 Å². The van der Waals surface area contributed by atoms with E-state index in [0.29, 0.717) is 28.4 Å². The van der Waals surface area contributed by atoms with E-state index < -0.39 is 0 Å². The maximum Gasteiger partial charge on any atom is 0.274 e. The molecular weight excluding hydrogens is 256 g/mol. The van der Waals surface area contributed by atoms with Crippen molar-refractivity contribution in [2.24, 2.45) is 5.10 Å². The molecule has 1 aromatic carbocycles. The monoisotopic (exact) mass is 272 g/mol. The highest BCUT2D eigenvalue weighted by Crippen LogP contribution is 2.16. The first-order chi connectivity index (χ1) is 9.49. The van der Waals surface area contributed by atoms with Gasteiger partial charge in [-0.05, 0) is 39.0 Å². The fraction of sp³-hybridized carbons (Fsp3) is 0.200. The predicted molar refractivity (Wildman–Crippen MR) is 76.0 cm³/mol. The fourth-order valence-corrected chi connectivity index (χ4v) is 1.89. The number of hydrazone groups is 1. The minimum Gasteiger partial charge on any atom is -0.507 e. The Kier molecular flexibility index (Phi) is 3.89. The molecule has 0 spiro atoms. The summed E-state index contributed by atoms with van der Waals surface area (Å²) in [4.78, 5) is 12.0. The molecule has 0 saturated carbocycles. The van der Waals surface area contributed by atoms with Crippen LogP contribution in [0.15, 0.2) is 39.9 Å². The fourth-order valence-electron chi connectivity index (χ4n) is 1.89. The van der Waals surface area contributed by atoms with Crippen molar-refractivity contribution in [3.63, 3.8) is 0 Å². The zero-order chi connectivity index (χ0) is 14.7. The third-order valence-electron chi connectivity index (χ3n) is 2.90. The Bertz CT molecular complexity index is 672. The Morgan fingerprint density at radius 3 is 2.55 bits per heavy atom. The van der Waals surface area contributed by atoms with Crippen LogP contribution in [0.3, 0.4) is 0 Å². The van der Waals surface area contributed by atoms with E-state index in [1.165, 1.54) is 0 Å². The maximum atomic E-state index is 12.0. The van der Waals surface area contributed by atoms with Crippen LogP contribution in [0.1, 0.15) is 34.4 Å². The SMILES string of the molecule is C/C(=N/NC(=O)c1cc(C)oc1C)c1ccccc1O. The first-order valence-corrected chi connectivity index (χ1v) is 6.19. The number of carbonyl (C=O) groups is 1. The topological polar surface area (TPSA) is 74.8 Å². The Balaban J connectivity index is 2.15. The van der Waals surface area contributed by atoms with Gasteiger partial charge in [-0.1, -0.05) is 12.1 Å². The van der Waals surface area contributed by atoms with E-state index in [1.54, 1.807) is 51.1 Å². The van der Waals surface area contributed by atoms with E-state index in [1.807, 2.05) is 0 Å². The van der Waals surface area contributed by atoms with Crippen molar-refractivity contribution in [1.82, 2.24) is 5.43 Å². The predicted octanol–water partition coefficient (Wildman–Crippen LogP) is 2.76. The van der Waals surface area contributed by atoms with E-state index >= 15 is 0 Å². The van der Waals surface area contributed by atoms with Gasteiger partial charge < -0.3 is 9.52 Å². The highest BCUT2D eigenvalue weighted by Gasteiger charge is 2.13. The molecule has 0 atom stereocenters. The van der Waals surface area contributed by atoms with Crippen LogP contribution in [0.2, 0.25) is 0 Å². The van der Waals surface area contributed by atoms with Gasteiger partial charge in [0, 0.05) is 5.56 Å². The molecule has 0 aliphatic heterocycles. The normalized spacial score (nSPS) is 11.4. The Morgan fingerprint density at radius 1 is 1.25 bits per heavy atom. The van der Waals surface area contributed by atoms with Gasteiger partial charge in [0.1, 0.15) is 17.3 Å². The number of aromatic hydroxyl groups is 1. The average Bonchev–Trinajstić information content (AvgIpc) is 2.75. The second-order valence-electron chi connectivity index (χ2n) is 4.48. The molecule has 2 rings (SSSR count). The molecule has 1 aromatic heterocycles. The van der Waals surface area contributed by atoms with Crippen molar-refractivity contribution in [3.8, 4) is 5.75 Å². The summed E-state index contributed by atoms with van der Waals surface area (Å²) >= 11 is 0. The lowest BCUT2D eigenvalue weighted by atomic mass is 10.1. The lowest BCUT2D eigenvalue weighted by Crippen LogP contribution is -2.19. The number of aryl methyl sites for hydroxylation is 2. The van der Waals surface area contributed by atoms with Gasteiger partial charge in [-0.3, -0.25) is 4.79 Å². The van der Waals surface area contributed by atoms with Crippen molar-refractivity contribution in [1.29, 1.82) is 0 Å². The molecule has 104 valence electrons. The number of amides is 1. The summed E-state index contributed by atoms with van der Waals surface area (Å²) in [6, 6.07) is 8.48. The van der Waals surface area contributed by atoms with Gasteiger partial charge in [0.2, 0.25) is 0 Å². The van der Waals surface area contributed by atoms with Gasteiger partial charge in [0.15, 0.2) is 0 Å². The van der Waals surface area contributed by atoms with Crippen LogP contribution >= 0.6 is 0 Å². The van der Waals surface area contributed by atoms with Gasteiger partial charge in [0.05, 0.1) is 11.3 Å². The first kappa shape index (κ1) is 13.9. The van der Waals surface area contributed by atoms with Gasteiger partial charge in [-0.25, -0.2) is 5.43 Å². The number of nitrogens with zero attached hydrogens (tertiary/aromatic N) is 1. The number of benzene rings is 1. The first-order valence-electron chi connectivity index (χ1n) is 6.19. The van der Waals surface area contributed by atoms with Crippen LogP contribution in [0.25, 0.3) is 0 Å². The molecule has 0 fully saturated rings. The van der Waals surface area contributed by atoms with E-state index in [9.17, 15) is 9.90 Å². The number of phenolic OH excluding ortho intramolecular Hbond substituents is 1. The molecule has 2 N–H and O–H groups in total. The number of phenols is 1. The van der Waals surface area contributed by atoms with Crippen LogP contribution in [-0.4, -0.2) is 16.7 Å². The van der Waals surface area contributed by atoms with Gasteiger partial charge in [-0.15, -0.1) is 0 Å². The molecular formula is C15H16N2O3. The summed E-state index contributed by atoms with van der Waals surface area (Å²) in [5.41, 5.74) is 4.01. The van der Waals surface area contributed by atoms with E-state index in [0.717, 1.165) is 0 Å². The molecule has 0 saturated heterocycles. The molecule has 0 aliphatic carbocycles. The smallest absolute Gasteiger partial charge is 0.274 e. The van der Waals surface area contributed by atoms with Gasteiger partial charge in [-0.2, -0.15) is 5.10 Å². The Labute approximate surface area is 116 Å². The average molecular weight is 272 g/mol. The van der Waals surface area contributed by atoms with E-state index in [4.69, 9.17) is 4.42 Å². The number of furan rings is 1. The van der Waals surface area contributed by atoms with Crippen molar-refractivity contribution >= 4 is 11.6 Å². The quantitative estimate of drug-likeness (QED) is 0.666. The molecule has 0 unspecified atom stereocenters. The molecule has 1 heterocycles. The van der Waals surface area contributed by atoms with Crippen LogP contribution in [0, 0.1) is 13.8 Å². The Hall–Kier alpha value is -2.56. The molecule has 20 heavy (non-hydrogen) atoms. The lowest BCUT2D eigenvalue weighted by Gasteiger charge is -2.04. The highest BCUT2D eigenvalue weighted by molar-refractivity contribution is 6.02. The minimum atomic E-state index is -0.339. The van der Waals surface area contributed by atoms with Crippen LogP contribution in [0.5, 0.6) is 5.75 Å². The molecule has 0 bridgehead atoms. The summed E-state index contributed by atoms with van der Waals surface area (Å²) in [5, 5.41) is 13.7. The maximum absolute atomic E-state index is 12.0. The Morgan fingerprint density at radius 2 is 1.95 bits per heavy atom. The standard InChI is InChI=1S/C15H16N2O3/c1-9-8-13(11(3)20-9)15(19)17-16-10(2)12-6-4-5-7-14(12)18/h4-8,18H,1-3H3,(H,17,19)/b16-10-. The summed E-state index contributed by atoms with van der Waals surface area (Å²) < 4.78 is 5.30. The zero-order valence-corrected chi connectivity index (χ0v) is 11.6. The second-order valence-corrected chi connectivity index (χ2v) is 4.48. The zero-order valence-electron chi connectivity index (χ0n) is 11.6. The molecule has 1 amide bonds. The molecule has 5 nitrogen and oxygen atoms in total. The molecule has 2 aromatic rings.